The van der Waals surface area contributed by atoms with Gasteiger partial charge < -0.3 is 15.0 Å². The van der Waals surface area contributed by atoms with E-state index in [9.17, 15) is 13.6 Å². The second-order valence-electron chi connectivity index (χ2n) is 7.65. The molecular weight excluding hydrogens is 378 g/mol. The van der Waals surface area contributed by atoms with Crippen LogP contribution >= 0.6 is 0 Å². The predicted octanol–water partition coefficient (Wildman–Crippen LogP) is 3.22. The highest BCUT2D eigenvalue weighted by molar-refractivity contribution is 5.83. The van der Waals surface area contributed by atoms with Crippen LogP contribution in [-0.2, 0) is 4.79 Å². The van der Waals surface area contributed by atoms with E-state index < -0.39 is 11.6 Å². The van der Waals surface area contributed by atoms with Crippen LogP contribution in [0.15, 0.2) is 30.6 Å². The summed E-state index contributed by atoms with van der Waals surface area (Å²) in [6.07, 6.45) is 5.44. The van der Waals surface area contributed by atoms with Crippen LogP contribution in [0, 0.1) is 23.5 Å². The molecule has 2 aliphatic rings. The Morgan fingerprint density at radius 1 is 1.21 bits per heavy atom. The summed E-state index contributed by atoms with van der Waals surface area (Å²) < 4.78 is 33.1. The first-order chi connectivity index (χ1) is 14.1. The van der Waals surface area contributed by atoms with E-state index in [2.05, 4.69) is 15.3 Å². The minimum absolute atomic E-state index is 0.0136. The lowest BCUT2D eigenvalue weighted by Crippen LogP contribution is -2.41. The van der Waals surface area contributed by atoms with E-state index in [1.807, 2.05) is 4.90 Å². The van der Waals surface area contributed by atoms with Crippen LogP contribution < -0.4 is 10.1 Å². The van der Waals surface area contributed by atoms with E-state index in [1.54, 1.807) is 19.5 Å². The lowest BCUT2D eigenvalue weighted by atomic mass is 9.96. The summed E-state index contributed by atoms with van der Waals surface area (Å²) in [5.41, 5.74) is 0.0582. The predicted molar refractivity (Wildman–Crippen MR) is 104 cm³/mol. The zero-order chi connectivity index (χ0) is 20.4. The number of hydrogen-bond acceptors (Lipinski definition) is 5. The molecule has 1 N–H and O–H groups in total. The van der Waals surface area contributed by atoms with Crippen LogP contribution in [0.5, 0.6) is 5.88 Å². The van der Waals surface area contributed by atoms with Gasteiger partial charge in [0.25, 0.3) is 5.88 Å². The molecule has 1 aliphatic heterocycles. The van der Waals surface area contributed by atoms with Gasteiger partial charge in [0.1, 0.15) is 11.6 Å². The Morgan fingerprint density at radius 3 is 2.59 bits per heavy atom. The van der Waals surface area contributed by atoms with E-state index in [-0.39, 0.29) is 23.3 Å². The molecule has 0 bridgehead atoms. The average Bonchev–Trinajstić information content (AvgIpc) is 3.52. The Bertz CT molecular complexity index is 866. The Labute approximate surface area is 168 Å². The molecule has 2 aromatic rings. The minimum atomic E-state index is -0.561. The number of anilines is 1. The molecule has 1 aromatic heterocycles. The number of carbonyl (C=O) groups excluding carboxylic acids is 1. The zero-order valence-electron chi connectivity index (χ0n) is 16.3. The molecule has 0 spiro atoms. The first-order valence-corrected chi connectivity index (χ1v) is 9.90. The number of carbonyl (C=O) groups is 1. The number of amides is 1. The van der Waals surface area contributed by atoms with Gasteiger partial charge in [0, 0.05) is 49.4 Å². The fourth-order valence-corrected chi connectivity index (χ4v) is 4.08. The highest BCUT2D eigenvalue weighted by Crippen LogP contribution is 2.50. The fraction of sp³-hybridized carbons (Fsp3) is 0.476. The van der Waals surface area contributed by atoms with Gasteiger partial charge in [-0.05, 0) is 37.3 Å². The summed E-state index contributed by atoms with van der Waals surface area (Å²) in [5, 5.41) is 3.27. The van der Waals surface area contributed by atoms with Gasteiger partial charge in [0.2, 0.25) is 5.91 Å². The standard InChI is InChI=1S/C21H24F2N4O2/c1-29-20-19(24-7-8-25-20)26-12-13-5-9-27(10-6-13)21(28)15-11-14(15)18-16(22)3-2-4-17(18)23/h2-4,7-8,13-15H,5-6,9-12H2,1H3,(H,24,26). The largest absolute Gasteiger partial charge is 0.478 e. The SMILES string of the molecule is COc1nccnc1NCC1CCN(C(=O)C2CC2c2c(F)cccc2F)CC1. The van der Waals surface area contributed by atoms with Crippen molar-refractivity contribution < 1.29 is 18.3 Å². The fourth-order valence-electron chi connectivity index (χ4n) is 4.08. The van der Waals surface area contributed by atoms with Crippen molar-refractivity contribution in [3.63, 3.8) is 0 Å². The lowest BCUT2D eigenvalue weighted by molar-refractivity contribution is -0.134. The number of rotatable bonds is 6. The van der Waals surface area contributed by atoms with E-state index in [1.165, 1.54) is 18.2 Å². The number of halogens is 2. The number of hydrogen-bond donors (Lipinski definition) is 1. The Kier molecular flexibility index (Phi) is 5.60. The smallest absolute Gasteiger partial charge is 0.257 e. The summed E-state index contributed by atoms with van der Waals surface area (Å²) in [6, 6.07) is 3.86. The third kappa shape index (κ3) is 4.16. The average molecular weight is 402 g/mol. The maximum Gasteiger partial charge on any atom is 0.257 e. The summed E-state index contributed by atoms with van der Waals surface area (Å²) in [5.74, 6) is -0.276. The summed E-state index contributed by atoms with van der Waals surface area (Å²) >= 11 is 0. The van der Waals surface area contributed by atoms with Gasteiger partial charge in [-0.15, -0.1) is 0 Å². The highest BCUT2D eigenvalue weighted by Gasteiger charge is 2.48. The van der Waals surface area contributed by atoms with Crippen LogP contribution in [0.4, 0.5) is 14.6 Å². The van der Waals surface area contributed by atoms with Crippen molar-refractivity contribution in [2.75, 3.05) is 32.1 Å². The number of benzene rings is 1. The molecule has 1 saturated heterocycles. The monoisotopic (exact) mass is 402 g/mol. The molecule has 6 nitrogen and oxygen atoms in total. The van der Waals surface area contributed by atoms with E-state index >= 15 is 0 Å². The maximum absolute atomic E-state index is 14.0. The third-order valence-electron chi connectivity index (χ3n) is 5.82. The minimum Gasteiger partial charge on any atom is -0.478 e. The number of likely N-dealkylation sites (tertiary alicyclic amines) is 1. The Balaban J connectivity index is 1.27. The van der Waals surface area contributed by atoms with Gasteiger partial charge in [0.15, 0.2) is 5.82 Å². The second-order valence-corrected chi connectivity index (χ2v) is 7.65. The molecule has 2 atom stereocenters. The van der Waals surface area contributed by atoms with Crippen molar-refractivity contribution in [3.05, 3.63) is 47.8 Å². The summed E-state index contributed by atoms with van der Waals surface area (Å²) in [4.78, 5) is 23.0. The van der Waals surface area contributed by atoms with Crippen molar-refractivity contribution in [2.24, 2.45) is 11.8 Å². The molecule has 2 heterocycles. The summed E-state index contributed by atoms with van der Waals surface area (Å²) in [6.45, 7) is 2.04. The van der Waals surface area contributed by atoms with E-state index in [4.69, 9.17) is 4.74 Å². The van der Waals surface area contributed by atoms with Crippen molar-refractivity contribution in [3.8, 4) is 5.88 Å². The van der Waals surface area contributed by atoms with Crippen LogP contribution in [-0.4, -0.2) is 47.5 Å². The molecule has 2 unspecified atom stereocenters. The van der Waals surface area contributed by atoms with Crippen molar-refractivity contribution in [2.45, 2.75) is 25.2 Å². The van der Waals surface area contributed by atoms with Gasteiger partial charge in [-0.3, -0.25) is 4.79 Å². The number of aromatic nitrogens is 2. The molecule has 1 aromatic carbocycles. The Hall–Kier alpha value is -2.77. The third-order valence-corrected chi connectivity index (χ3v) is 5.82. The molecular formula is C21H24F2N4O2. The van der Waals surface area contributed by atoms with E-state index in [0.29, 0.717) is 37.1 Å². The normalized spacial score (nSPS) is 21.7. The molecule has 1 amide bonds. The number of piperidine rings is 1. The highest BCUT2D eigenvalue weighted by atomic mass is 19.1. The van der Waals surface area contributed by atoms with Crippen LogP contribution in [0.1, 0.15) is 30.7 Å². The van der Waals surface area contributed by atoms with Gasteiger partial charge >= 0.3 is 0 Å². The number of ether oxygens (including phenoxy) is 1. The summed E-state index contributed by atoms with van der Waals surface area (Å²) in [7, 11) is 1.55. The van der Waals surface area contributed by atoms with Gasteiger partial charge in [-0.1, -0.05) is 6.07 Å². The first-order valence-electron chi connectivity index (χ1n) is 9.90. The van der Waals surface area contributed by atoms with Crippen LogP contribution in [0.3, 0.4) is 0 Å². The number of nitrogens with one attached hydrogen (secondary N) is 1. The van der Waals surface area contributed by atoms with Crippen molar-refractivity contribution in [1.82, 2.24) is 14.9 Å². The van der Waals surface area contributed by atoms with Crippen LogP contribution in [0.25, 0.3) is 0 Å². The van der Waals surface area contributed by atoms with Gasteiger partial charge in [0.05, 0.1) is 7.11 Å². The van der Waals surface area contributed by atoms with E-state index in [0.717, 1.165) is 19.4 Å². The molecule has 29 heavy (non-hydrogen) atoms. The van der Waals surface area contributed by atoms with Gasteiger partial charge in [-0.25, -0.2) is 18.7 Å². The lowest BCUT2D eigenvalue weighted by Gasteiger charge is -2.32. The molecule has 1 aliphatic carbocycles. The Morgan fingerprint density at radius 2 is 1.90 bits per heavy atom. The quantitative estimate of drug-likeness (QED) is 0.804. The molecule has 0 radical (unpaired) electrons. The molecule has 4 rings (SSSR count). The molecule has 1 saturated carbocycles. The van der Waals surface area contributed by atoms with Gasteiger partial charge in [-0.2, -0.15) is 0 Å². The van der Waals surface area contributed by atoms with Crippen molar-refractivity contribution in [1.29, 1.82) is 0 Å². The van der Waals surface area contributed by atoms with Crippen LogP contribution in [0.2, 0.25) is 0 Å². The zero-order valence-corrected chi connectivity index (χ0v) is 16.3. The number of nitrogens with zero attached hydrogens (tertiary/aromatic N) is 3. The first kappa shape index (κ1) is 19.5. The second kappa shape index (κ2) is 8.31. The maximum atomic E-state index is 14.0. The number of methoxy groups -OCH3 is 1. The topological polar surface area (TPSA) is 67.4 Å². The molecule has 154 valence electrons. The van der Waals surface area contributed by atoms with Crippen molar-refractivity contribution >= 4 is 11.7 Å². The molecule has 8 heteroatoms. The molecule has 2 fully saturated rings.